The Morgan fingerprint density at radius 1 is 1.56 bits per heavy atom. The molecule has 1 aliphatic rings. The number of nitrogens with two attached hydrogens (primary N) is 1. The first-order valence-electron chi connectivity index (χ1n) is 6.48. The Labute approximate surface area is 108 Å². The molecule has 0 radical (unpaired) electrons. The first kappa shape index (κ1) is 12.8. The van der Waals surface area contributed by atoms with E-state index in [1.54, 1.807) is 6.33 Å². The molecule has 18 heavy (non-hydrogen) atoms. The monoisotopic (exact) mass is 247 g/mol. The highest BCUT2D eigenvalue weighted by Crippen LogP contribution is 2.26. The highest BCUT2D eigenvalue weighted by atomic mass is 15.2. The summed E-state index contributed by atoms with van der Waals surface area (Å²) in [4.78, 5) is 10.9. The van der Waals surface area contributed by atoms with Crippen LogP contribution in [-0.2, 0) is 0 Å². The van der Waals surface area contributed by atoms with Crippen LogP contribution in [0.2, 0.25) is 0 Å². The second-order valence-electron chi connectivity index (χ2n) is 4.50. The molecule has 0 aliphatic carbocycles. The SMILES string of the molecule is C=CCNc1cc(N2CCCC2CCN)ncn1. The van der Waals surface area contributed by atoms with Crippen molar-refractivity contribution in [2.75, 3.05) is 29.9 Å². The minimum Gasteiger partial charge on any atom is -0.366 e. The Kier molecular flexibility index (Phi) is 4.52. The van der Waals surface area contributed by atoms with E-state index in [1.165, 1.54) is 12.8 Å². The van der Waals surface area contributed by atoms with Gasteiger partial charge >= 0.3 is 0 Å². The maximum absolute atomic E-state index is 5.66. The van der Waals surface area contributed by atoms with Crippen molar-refractivity contribution < 1.29 is 0 Å². The van der Waals surface area contributed by atoms with Gasteiger partial charge < -0.3 is 16.0 Å². The Balaban J connectivity index is 2.09. The quantitative estimate of drug-likeness (QED) is 0.744. The smallest absolute Gasteiger partial charge is 0.134 e. The van der Waals surface area contributed by atoms with Crippen LogP contribution in [0.1, 0.15) is 19.3 Å². The maximum Gasteiger partial charge on any atom is 0.134 e. The fourth-order valence-corrected chi connectivity index (χ4v) is 2.41. The number of nitrogens with one attached hydrogen (secondary N) is 1. The van der Waals surface area contributed by atoms with Crippen LogP contribution in [0.4, 0.5) is 11.6 Å². The van der Waals surface area contributed by atoms with Gasteiger partial charge in [0.25, 0.3) is 0 Å². The summed E-state index contributed by atoms with van der Waals surface area (Å²) >= 11 is 0. The lowest BCUT2D eigenvalue weighted by atomic mass is 10.1. The van der Waals surface area contributed by atoms with Gasteiger partial charge in [-0.2, -0.15) is 0 Å². The van der Waals surface area contributed by atoms with E-state index in [-0.39, 0.29) is 0 Å². The summed E-state index contributed by atoms with van der Waals surface area (Å²) in [6.07, 6.45) is 6.87. The predicted octanol–water partition coefficient (Wildman–Crippen LogP) is 1.39. The van der Waals surface area contributed by atoms with Crippen molar-refractivity contribution in [2.24, 2.45) is 5.73 Å². The van der Waals surface area contributed by atoms with Crippen LogP contribution in [0.15, 0.2) is 25.0 Å². The Morgan fingerprint density at radius 2 is 2.44 bits per heavy atom. The van der Waals surface area contributed by atoms with E-state index in [0.717, 1.165) is 31.1 Å². The molecule has 0 amide bonds. The van der Waals surface area contributed by atoms with E-state index in [0.29, 0.717) is 12.6 Å². The number of hydrogen-bond acceptors (Lipinski definition) is 5. The van der Waals surface area contributed by atoms with Gasteiger partial charge in [-0.25, -0.2) is 9.97 Å². The zero-order chi connectivity index (χ0) is 12.8. The molecule has 1 fully saturated rings. The minimum absolute atomic E-state index is 0.525. The third kappa shape index (κ3) is 2.98. The van der Waals surface area contributed by atoms with Crippen LogP contribution in [0.25, 0.3) is 0 Å². The molecule has 98 valence electrons. The standard InChI is InChI=1S/C13H21N5/c1-2-7-15-12-9-13(17-10-16-12)18-8-3-4-11(18)5-6-14/h2,9-11H,1,3-8,14H2,(H,15,16,17). The summed E-state index contributed by atoms with van der Waals surface area (Å²) in [5.74, 6) is 1.84. The fraction of sp³-hybridized carbons (Fsp3) is 0.538. The van der Waals surface area contributed by atoms with Gasteiger partial charge in [-0.05, 0) is 25.8 Å². The van der Waals surface area contributed by atoms with Crippen molar-refractivity contribution in [3.05, 3.63) is 25.0 Å². The minimum atomic E-state index is 0.525. The molecule has 0 aromatic carbocycles. The molecule has 0 saturated carbocycles. The topological polar surface area (TPSA) is 67.1 Å². The zero-order valence-corrected chi connectivity index (χ0v) is 10.7. The molecule has 5 nitrogen and oxygen atoms in total. The molecule has 2 heterocycles. The summed E-state index contributed by atoms with van der Waals surface area (Å²) < 4.78 is 0. The normalized spacial score (nSPS) is 18.9. The summed E-state index contributed by atoms with van der Waals surface area (Å²) in [5.41, 5.74) is 5.66. The van der Waals surface area contributed by atoms with Crippen LogP contribution >= 0.6 is 0 Å². The molecule has 5 heteroatoms. The number of rotatable bonds is 6. The van der Waals surface area contributed by atoms with Gasteiger partial charge in [0.15, 0.2) is 0 Å². The zero-order valence-electron chi connectivity index (χ0n) is 10.7. The van der Waals surface area contributed by atoms with E-state index < -0.39 is 0 Å². The highest BCUT2D eigenvalue weighted by molar-refractivity contribution is 5.50. The Hall–Kier alpha value is -1.62. The summed E-state index contributed by atoms with van der Waals surface area (Å²) in [5, 5.41) is 3.18. The lowest BCUT2D eigenvalue weighted by Gasteiger charge is -2.25. The second-order valence-corrected chi connectivity index (χ2v) is 4.50. The van der Waals surface area contributed by atoms with Crippen LogP contribution in [0.5, 0.6) is 0 Å². The second kappa shape index (κ2) is 6.35. The lowest BCUT2D eigenvalue weighted by molar-refractivity contribution is 0.614. The molecule has 1 aromatic rings. The molecule has 2 rings (SSSR count). The fourth-order valence-electron chi connectivity index (χ4n) is 2.41. The maximum atomic E-state index is 5.66. The highest BCUT2D eigenvalue weighted by Gasteiger charge is 2.24. The summed E-state index contributed by atoms with van der Waals surface area (Å²) in [7, 11) is 0. The van der Waals surface area contributed by atoms with Crippen molar-refractivity contribution >= 4 is 11.6 Å². The van der Waals surface area contributed by atoms with E-state index in [4.69, 9.17) is 5.73 Å². The number of nitrogens with zero attached hydrogens (tertiary/aromatic N) is 3. The molecular weight excluding hydrogens is 226 g/mol. The van der Waals surface area contributed by atoms with Gasteiger partial charge in [0, 0.05) is 25.2 Å². The van der Waals surface area contributed by atoms with E-state index >= 15 is 0 Å². The number of anilines is 2. The average molecular weight is 247 g/mol. The molecule has 0 spiro atoms. The van der Waals surface area contributed by atoms with Crippen molar-refractivity contribution in [3.63, 3.8) is 0 Å². The number of aromatic nitrogens is 2. The summed E-state index contributed by atoms with van der Waals surface area (Å²) in [6.45, 7) is 6.18. The van der Waals surface area contributed by atoms with Gasteiger partial charge in [-0.3, -0.25) is 0 Å². The first-order chi connectivity index (χ1) is 8.85. The van der Waals surface area contributed by atoms with E-state index in [2.05, 4.69) is 26.8 Å². The van der Waals surface area contributed by atoms with Crippen LogP contribution in [0.3, 0.4) is 0 Å². The number of hydrogen-bond donors (Lipinski definition) is 2. The molecule has 1 unspecified atom stereocenters. The molecule has 3 N–H and O–H groups in total. The van der Waals surface area contributed by atoms with Crippen LogP contribution in [-0.4, -0.2) is 35.6 Å². The van der Waals surface area contributed by atoms with Gasteiger partial charge in [-0.15, -0.1) is 6.58 Å². The predicted molar refractivity (Wildman–Crippen MR) is 74.8 cm³/mol. The van der Waals surface area contributed by atoms with Crippen molar-refractivity contribution in [1.82, 2.24) is 9.97 Å². The van der Waals surface area contributed by atoms with Crippen LogP contribution in [0, 0.1) is 0 Å². The Morgan fingerprint density at radius 3 is 3.22 bits per heavy atom. The Bertz CT molecular complexity index is 393. The summed E-state index contributed by atoms with van der Waals surface area (Å²) in [6, 6.07) is 2.52. The molecule has 1 aliphatic heterocycles. The third-order valence-corrected chi connectivity index (χ3v) is 3.25. The van der Waals surface area contributed by atoms with Crippen LogP contribution < -0.4 is 16.0 Å². The van der Waals surface area contributed by atoms with E-state index in [1.807, 2.05) is 12.1 Å². The average Bonchev–Trinajstić information content (AvgIpc) is 2.85. The van der Waals surface area contributed by atoms with Crippen molar-refractivity contribution in [2.45, 2.75) is 25.3 Å². The van der Waals surface area contributed by atoms with Gasteiger partial charge in [0.05, 0.1) is 0 Å². The largest absolute Gasteiger partial charge is 0.366 e. The van der Waals surface area contributed by atoms with Crippen molar-refractivity contribution in [3.8, 4) is 0 Å². The molecule has 1 aromatic heterocycles. The molecule has 0 bridgehead atoms. The van der Waals surface area contributed by atoms with Gasteiger partial charge in [0.2, 0.25) is 0 Å². The lowest BCUT2D eigenvalue weighted by Crippen LogP contribution is -2.31. The molecule has 1 atom stereocenters. The van der Waals surface area contributed by atoms with Gasteiger partial charge in [-0.1, -0.05) is 6.08 Å². The first-order valence-corrected chi connectivity index (χ1v) is 6.48. The molecular formula is C13H21N5. The van der Waals surface area contributed by atoms with E-state index in [9.17, 15) is 0 Å². The van der Waals surface area contributed by atoms with Crippen molar-refractivity contribution in [1.29, 1.82) is 0 Å². The molecule has 1 saturated heterocycles. The van der Waals surface area contributed by atoms with Gasteiger partial charge in [0.1, 0.15) is 18.0 Å². The third-order valence-electron chi connectivity index (χ3n) is 3.25.